The zero-order chi connectivity index (χ0) is 12.9. The largest absolute Gasteiger partial charge is 0.479 e. The summed E-state index contributed by atoms with van der Waals surface area (Å²) in [5, 5.41) is 9.22. The molecule has 0 aromatic carbocycles. The van der Waals surface area contributed by atoms with Crippen LogP contribution in [0.4, 0.5) is 0 Å². The van der Waals surface area contributed by atoms with Crippen molar-refractivity contribution in [2.24, 2.45) is 0 Å². The van der Waals surface area contributed by atoms with Crippen LogP contribution < -0.4 is 0 Å². The minimum atomic E-state index is -1.47. The summed E-state index contributed by atoms with van der Waals surface area (Å²) in [7, 11) is 0. The molecule has 1 fully saturated rings. The monoisotopic (exact) mass is 243 g/mol. The summed E-state index contributed by atoms with van der Waals surface area (Å²) in [4.78, 5) is 24.0. The Labute approximate surface area is 99.8 Å². The highest BCUT2D eigenvalue weighted by atomic mass is 16.6. The van der Waals surface area contributed by atoms with Crippen molar-refractivity contribution in [3.63, 3.8) is 0 Å². The number of rotatable bonds is 5. The van der Waals surface area contributed by atoms with Crippen molar-refractivity contribution in [1.29, 1.82) is 0 Å². The van der Waals surface area contributed by atoms with Gasteiger partial charge in [-0.15, -0.1) is 6.58 Å². The molecule has 1 rings (SSSR count). The number of hydrogen-bond donors (Lipinski definition) is 1. The number of carbonyl (C=O) groups is 2. The minimum Gasteiger partial charge on any atom is -0.479 e. The Balaban J connectivity index is 2.72. The molecule has 1 heterocycles. The first kappa shape index (κ1) is 13.7. The molecule has 1 aliphatic heterocycles. The zero-order valence-electron chi connectivity index (χ0n) is 9.85. The lowest BCUT2D eigenvalue weighted by Gasteiger charge is -2.39. The summed E-state index contributed by atoms with van der Waals surface area (Å²) in [6.07, 6.45) is 1.53. The van der Waals surface area contributed by atoms with E-state index in [1.165, 1.54) is 17.9 Å². The van der Waals surface area contributed by atoms with Gasteiger partial charge >= 0.3 is 5.97 Å². The van der Waals surface area contributed by atoms with E-state index < -0.39 is 11.6 Å². The van der Waals surface area contributed by atoms with Gasteiger partial charge in [-0.05, 0) is 0 Å². The SMILES string of the molecule is C=CCOCC1(C(=O)O)CN(C(C)=O)CCO1. The third kappa shape index (κ3) is 3.28. The van der Waals surface area contributed by atoms with Gasteiger partial charge < -0.3 is 19.5 Å². The van der Waals surface area contributed by atoms with Gasteiger partial charge in [-0.2, -0.15) is 0 Å². The highest BCUT2D eigenvalue weighted by Gasteiger charge is 2.45. The van der Waals surface area contributed by atoms with Crippen molar-refractivity contribution in [3.8, 4) is 0 Å². The highest BCUT2D eigenvalue weighted by molar-refractivity contribution is 5.80. The van der Waals surface area contributed by atoms with E-state index in [1.807, 2.05) is 0 Å². The molecule has 1 aliphatic rings. The molecular formula is C11H17NO5. The van der Waals surface area contributed by atoms with Crippen LogP contribution in [0, 0.1) is 0 Å². The molecule has 6 nitrogen and oxygen atoms in total. The quantitative estimate of drug-likeness (QED) is 0.538. The van der Waals surface area contributed by atoms with Crippen LogP contribution in [-0.4, -0.2) is 60.4 Å². The molecule has 0 radical (unpaired) electrons. The molecule has 1 N–H and O–H groups in total. The maximum absolute atomic E-state index is 11.3. The Morgan fingerprint density at radius 3 is 2.88 bits per heavy atom. The topological polar surface area (TPSA) is 76.1 Å². The maximum Gasteiger partial charge on any atom is 0.340 e. The van der Waals surface area contributed by atoms with E-state index in [0.717, 1.165) is 0 Å². The van der Waals surface area contributed by atoms with Gasteiger partial charge in [0.05, 0.1) is 26.4 Å². The van der Waals surface area contributed by atoms with Gasteiger partial charge in [0.2, 0.25) is 11.5 Å². The molecule has 0 aliphatic carbocycles. The number of morpholine rings is 1. The number of carboxylic acid groups (broad SMARTS) is 1. The van der Waals surface area contributed by atoms with Crippen LogP contribution in [-0.2, 0) is 19.1 Å². The molecule has 1 saturated heterocycles. The first-order chi connectivity index (χ1) is 8.02. The molecule has 0 bridgehead atoms. The van der Waals surface area contributed by atoms with Crippen molar-refractivity contribution in [1.82, 2.24) is 4.90 Å². The molecule has 0 aromatic rings. The smallest absolute Gasteiger partial charge is 0.340 e. The number of amides is 1. The fraction of sp³-hybridized carbons (Fsp3) is 0.636. The van der Waals surface area contributed by atoms with Crippen LogP contribution in [0.5, 0.6) is 0 Å². The maximum atomic E-state index is 11.3. The van der Waals surface area contributed by atoms with E-state index in [2.05, 4.69) is 6.58 Å². The number of carbonyl (C=O) groups excluding carboxylic acids is 1. The van der Waals surface area contributed by atoms with Gasteiger partial charge in [0.1, 0.15) is 0 Å². The van der Waals surface area contributed by atoms with Crippen LogP contribution >= 0.6 is 0 Å². The molecule has 0 aromatic heterocycles. The van der Waals surface area contributed by atoms with Crippen LogP contribution in [0.2, 0.25) is 0 Å². The summed E-state index contributed by atoms with van der Waals surface area (Å²) in [6.45, 7) is 5.65. The fourth-order valence-electron chi connectivity index (χ4n) is 1.64. The van der Waals surface area contributed by atoms with E-state index in [-0.39, 0.29) is 32.3 Å². The number of hydrogen-bond acceptors (Lipinski definition) is 4. The van der Waals surface area contributed by atoms with E-state index in [9.17, 15) is 14.7 Å². The average Bonchev–Trinajstić information content (AvgIpc) is 2.29. The summed E-state index contributed by atoms with van der Waals surface area (Å²) < 4.78 is 10.5. The first-order valence-corrected chi connectivity index (χ1v) is 5.33. The fourth-order valence-corrected chi connectivity index (χ4v) is 1.64. The second-order valence-corrected chi connectivity index (χ2v) is 3.89. The molecule has 17 heavy (non-hydrogen) atoms. The Morgan fingerprint density at radius 1 is 1.65 bits per heavy atom. The second kappa shape index (κ2) is 5.79. The number of aliphatic carboxylic acids is 1. The van der Waals surface area contributed by atoms with Crippen molar-refractivity contribution in [3.05, 3.63) is 12.7 Å². The molecule has 96 valence electrons. The average molecular weight is 243 g/mol. The van der Waals surface area contributed by atoms with Crippen LogP contribution in [0.25, 0.3) is 0 Å². The highest BCUT2D eigenvalue weighted by Crippen LogP contribution is 2.19. The third-order valence-corrected chi connectivity index (χ3v) is 2.59. The zero-order valence-corrected chi connectivity index (χ0v) is 9.85. The molecule has 1 atom stereocenters. The van der Waals surface area contributed by atoms with Crippen molar-refractivity contribution < 1.29 is 24.2 Å². The Morgan fingerprint density at radius 2 is 2.35 bits per heavy atom. The molecule has 1 unspecified atom stereocenters. The predicted molar refractivity (Wildman–Crippen MR) is 59.6 cm³/mol. The lowest BCUT2D eigenvalue weighted by atomic mass is 10.0. The van der Waals surface area contributed by atoms with Crippen LogP contribution in [0.1, 0.15) is 6.92 Å². The standard InChI is InChI=1S/C11H17NO5/c1-3-5-16-8-11(10(14)15)7-12(9(2)13)4-6-17-11/h3H,1,4-8H2,2H3,(H,14,15). The third-order valence-electron chi connectivity index (χ3n) is 2.59. The lowest BCUT2D eigenvalue weighted by Crippen LogP contribution is -2.60. The molecule has 1 amide bonds. The van der Waals surface area contributed by atoms with Gasteiger partial charge in [0.25, 0.3) is 0 Å². The van der Waals surface area contributed by atoms with Gasteiger partial charge in [-0.1, -0.05) is 6.08 Å². The molecular weight excluding hydrogens is 226 g/mol. The van der Waals surface area contributed by atoms with Gasteiger partial charge in [0.15, 0.2) is 0 Å². The van der Waals surface area contributed by atoms with Crippen molar-refractivity contribution in [2.75, 3.05) is 32.9 Å². The first-order valence-electron chi connectivity index (χ1n) is 5.33. The van der Waals surface area contributed by atoms with Gasteiger partial charge in [0, 0.05) is 13.5 Å². The summed E-state index contributed by atoms with van der Waals surface area (Å²) in [5.74, 6) is -1.28. The summed E-state index contributed by atoms with van der Waals surface area (Å²) in [5.41, 5.74) is -1.47. The van der Waals surface area contributed by atoms with Gasteiger partial charge in [-0.25, -0.2) is 4.79 Å². The van der Waals surface area contributed by atoms with Crippen LogP contribution in [0.3, 0.4) is 0 Å². The van der Waals surface area contributed by atoms with E-state index in [1.54, 1.807) is 0 Å². The predicted octanol–water partition coefficient (Wildman–Crippen LogP) is -0.109. The number of nitrogens with zero attached hydrogens (tertiary/aromatic N) is 1. The summed E-state index contributed by atoms with van der Waals surface area (Å²) >= 11 is 0. The van der Waals surface area contributed by atoms with E-state index in [4.69, 9.17) is 9.47 Å². The minimum absolute atomic E-state index is 0.00874. The Hall–Kier alpha value is -1.40. The number of carboxylic acids is 1. The van der Waals surface area contributed by atoms with Crippen molar-refractivity contribution >= 4 is 11.9 Å². The van der Waals surface area contributed by atoms with Crippen LogP contribution in [0.15, 0.2) is 12.7 Å². The molecule has 0 spiro atoms. The van der Waals surface area contributed by atoms with E-state index in [0.29, 0.717) is 6.54 Å². The Bertz CT molecular complexity index is 317. The van der Waals surface area contributed by atoms with Gasteiger partial charge in [-0.3, -0.25) is 4.79 Å². The normalized spacial score (nSPS) is 24.4. The second-order valence-electron chi connectivity index (χ2n) is 3.89. The molecule has 6 heteroatoms. The lowest BCUT2D eigenvalue weighted by molar-refractivity contribution is -0.189. The summed E-state index contributed by atoms with van der Waals surface area (Å²) in [6, 6.07) is 0. The van der Waals surface area contributed by atoms with Crippen molar-refractivity contribution in [2.45, 2.75) is 12.5 Å². The number of ether oxygens (including phenoxy) is 2. The Kier molecular flexibility index (Phi) is 4.65. The molecule has 0 saturated carbocycles. The van der Waals surface area contributed by atoms with E-state index >= 15 is 0 Å².